The number of H-pyrrole nitrogens is 1. The van der Waals surface area contributed by atoms with Gasteiger partial charge in [-0.15, -0.1) is 0 Å². The van der Waals surface area contributed by atoms with Crippen molar-refractivity contribution in [3.05, 3.63) is 59.3 Å². The number of benzene rings is 1. The first-order valence-electron chi connectivity index (χ1n) is 5.23. The minimum atomic E-state index is -0.164. The molecule has 3 rings (SSSR count). The van der Waals surface area contributed by atoms with E-state index in [-0.39, 0.29) is 5.56 Å². The Hall–Kier alpha value is -2.49. The topological polar surface area (TPSA) is 58.6 Å². The molecular weight excluding hydrogens is 214 g/mol. The zero-order chi connectivity index (χ0) is 11.7. The highest BCUT2D eigenvalue weighted by molar-refractivity contribution is 5.93. The number of fused-ring (bicyclic) bond motifs is 1. The average molecular weight is 223 g/mol. The lowest BCUT2D eigenvalue weighted by molar-refractivity contribution is 1.13. The van der Waals surface area contributed by atoms with Gasteiger partial charge < -0.3 is 4.98 Å². The summed E-state index contributed by atoms with van der Waals surface area (Å²) in [7, 11) is 0. The van der Waals surface area contributed by atoms with E-state index in [9.17, 15) is 4.79 Å². The van der Waals surface area contributed by atoms with E-state index in [1.807, 2.05) is 24.3 Å². The summed E-state index contributed by atoms with van der Waals surface area (Å²) in [6, 6.07) is 9.26. The molecule has 82 valence electrons. The van der Waals surface area contributed by atoms with Gasteiger partial charge in [0.05, 0.1) is 0 Å². The summed E-state index contributed by atoms with van der Waals surface area (Å²) in [4.78, 5) is 22.3. The van der Waals surface area contributed by atoms with E-state index in [1.165, 1.54) is 12.3 Å². The van der Waals surface area contributed by atoms with Crippen LogP contribution in [-0.2, 0) is 0 Å². The molecule has 4 heteroatoms. The van der Waals surface area contributed by atoms with Gasteiger partial charge in [0.2, 0.25) is 0 Å². The molecule has 2 aromatic heterocycles. The average Bonchev–Trinajstić information content (AvgIpc) is 2.38. The molecule has 0 radical (unpaired) electrons. The normalized spacial score (nSPS) is 10.6. The number of nitrogens with zero attached hydrogens (tertiary/aromatic N) is 2. The molecule has 0 atom stereocenters. The Morgan fingerprint density at radius 3 is 2.82 bits per heavy atom. The Labute approximate surface area is 97.0 Å². The van der Waals surface area contributed by atoms with Crippen molar-refractivity contribution in [1.82, 2.24) is 15.0 Å². The van der Waals surface area contributed by atoms with Crippen molar-refractivity contribution in [1.29, 1.82) is 0 Å². The van der Waals surface area contributed by atoms with Crippen molar-refractivity contribution in [2.75, 3.05) is 0 Å². The van der Waals surface area contributed by atoms with E-state index in [0.717, 1.165) is 16.3 Å². The molecule has 0 fully saturated rings. The maximum atomic E-state index is 11.3. The predicted octanol–water partition coefficient (Wildman–Crippen LogP) is 1.99. The number of pyridine rings is 1. The van der Waals surface area contributed by atoms with Gasteiger partial charge in [-0.05, 0) is 5.39 Å². The van der Waals surface area contributed by atoms with Gasteiger partial charge in [0.1, 0.15) is 5.82 Å². The highest BCUT2D eigenvalue weighted by Crippen LogP contribution is 2.23. The molecular formula is C13H9N3O. The van der Waals surface area contributed by atoms with Crippen LogP contribution in [0.3, 0.4) is 0 Å². The summed E-state index contributed by atoms with van der Waals surface area (Å²) >= 11 is 0. The van der Waals surface area contributed by atoms with Gasteiger partial charge in [-0.25, -0.2) is 4.98 Å². The first kappa shape index (κ1) is 9.72. The standard InChI is InChI=1S/C13H9N3O/c17-12-5-6-15-13(16-12)11-8-14-7-9-3-1-2-4-10(9)11/h1-8H,(H,15,16,17). The Balaban J connectivity index is 2.34. The van der Waals surface area contributed by atoms with Crippen LogP contribution >= 0.6 is 0 Å². The summed E-state index contributed by atoms with van der Waals surface area (Å²) in [6.07, 6.45) is 5.00. The van der Waals surface area contributed by atoms with E-state index in [4.69, 9.17) is 0 Å². The number of nitrogens with one attached hydrogen (secondary N) is 1. The van der Waals surface area contributed by atoms with Crippen molar-refractivity contribution in [3.8, 4) is 11.4 Å². The molecule has 1 aromatic carbocycles. The monoisotopic (exact) mass is 223 g/mol. The zero-order valence-electron chi connectivity index (χ0n) is 8.92. The molecule has 1 N–H and O–H groups in total. The lowest BCUT2D eigenvalue weighted by Gasteiger charge is -2.04. The van der Waals surface area contributed by atoms with Gasteiger partial charge >= 0.3 is 0 Å². The minimum absolute atomic E-state index is 0.164. The van der Waals surface area contributed by atoms with Crippen LogP contribution in [-0.4, -0.2) is 15.0 Å². The van der Waals surface area contributed by atoms with Gasteiger partial charge in [0, 0.05) is 35.6 Å². The van der Waals surface area contributed by atoms with Crippen LogP contribution in [0.1, 0.15) is 0 Å². The van der Waals surface area contributed by atoms with Crippen molar-refractivity contribution >= 4 is 10.8 Å². The molecule has 0 spiro atoms. The van der Waals surface area contributed by atoms with Crippen LogP contribution in [0.15, 0.2) is 53.7 Å². The van der Waals surface area contributed by atoms with Gasteiger partial charge in [-0.3, -0.25) is 9.78 Å². The Bertz CT molecular complexity index is 728. The fourth-order valence-electron chi connectivity index (χ4n) is 1.81. The molecule has 0 saturated carbocycles. The number of aromatic nitrogens is 3. The summed E-state index contributed by atoms with van der Waals surface area (Å²) in [5.41, 5.74) is 0.670. The van der Waals surface area contributed by atoms with Crippen molar-refractivity contribution in [3.63, 3.8) is 0 Å². The molecule has 0 amide bonds. The summed E-state index contributed by atoms with van der Waals surface area (Å²) in [6.45, 7) is 0. The highest BCUT2D eigenvalue weighted by Gasteiger charge is 2.05. The highest BCUT2D eigenvalue weighted by atomic mass is 16.1. The second-order valence-electron chi connectivity index (χ2n) is 3.69. The van der Waals surface area contributed by atoms with E-state index >= 15 is 0 Å². The quantitative estimate of drug-likeness (QED) is 0.686. The van der Waals surface area contributed by atoms with E-state index in [2.05, 4.69) is 15.0 Å². The summed E-state index contributed by atoms with van der Waals surface area (Å²) in [5, 5.41) is 2.05. The largest absolute Gasteiger partial charge is 0.306 e. The van der Waals surface area contributed by atoms with Gasteiger partial charge in [-0.1, -0.05) is 24.3 Å². The first-order valence-corrected chi connectivity index (χ1v) is 5.23. The van der Waals surface area contributed by atoms with Crippen LogP contribution in [0, 0.1) is 0 Å². The van der Waals surface area contributed by atoms with Crippen LogP contribution in [0.4, 0.5) is 0 Å². The molecule has 0 bridgehead atoms. The van der Waals surface area contributed by atoms with E-state index < -0.39 is 0 Å². The molecule has 0 aliphatic carbocycles. The summed E-state index contributed by atoms with van der Waals surface area (Å²) < 4.78 is 0. The maximum Gasteiger partial charge on any atom is 0.251 e. The molecule has 4 nitrogen and oxygen atoms in total. The van der Waals surface area contributed by atoms with E-state index in [1.54, 1.807) is 12.4 Å². The molecule has 3 aromatic rings. The fourth-order valence-corrected chi connectivity index (χ4v) is 1.81. The smallest absolute Gasteiger partial charge is 0.251 e. The number of hydrogen-bond acceptors (Lipinski definition) is 3. The Morgan fingerprint density at radius 1 is 1.06 bits per heavy atom. The van der Waals surface area contributed by atoms with E-state index in [0.29, 0.717) is 5.82 Å². The lowest BCUT2D eigenvalue weighted by atomic mass is 10.1. The van der Waals surface area contributed by atoms with Crippen LogP contribution < -0.4 is 5.56 Å². The maximum absolute atomic E-state index is 11.3. The second kappa shape index (κ2) is 3.83. The third-order valence-electron chi connectivity index (χ3n) is 2.59. The molecule has 0 unspecified atom stereocenters. The van der Waals surface area contributed by atoms with Crippen molar-refractivity contribution in [2.45, 2.75) is 0 Å². The SMILES string of the molecule is O=c1ccnc(-c2cncc3ccccc23)[nH]1. The van der Waals surface area contributed by atoms with Gasteiger partial charge in [-0.2, -0.15) is 0 Å². The zero-order valence-corrected chi connectivity index (χ0v) is 8.92. The fraction of sp³-hybridized carbons (Fsp3) is 0. The van der Waals surface area contributed by atoms with Crippen LogP contribution in [0.25, 0.3) is 22.2 Å². The Morgan fingerprint density at radius 2 is 1.94 bits per heavy atom. The predicted molar refractivity (Wildman–Crippen MR) is 65.6 cm³/mol. The Kier molecular flexibility index (Phi) is 2.19. The number of hydrogen-bond donors (Lipinski definition) is 1. The minimum Gasteiger partial charge on any atom is -0.306 e. The molecule has 0 saturated heterocycles. The summed E-state index contributed by atoms with van der Waals surface area (Å²) in [5.74, 6) is 0.543. The van der Waals surface area contributed by atoms with Gasteiger partial charge in [0.25, 0.3) is 5.56 Å². The second-order valence-corrected chi connectivity index (χ2v) is 3.69. The van der Waals surface area contributed by atoms with Crippen LogP contribution in [0.2, 0.25) is 0 Å². The lowest BCUT2D eigenvalue weighted by Crippen LogP contribution is -2.06. The molecule has 2 heterocycles. The molecule has 17 heavy (non-hydrogen) atoms. The van der Waals surface area contributed by atoms with Gasteiger partial charge in [0.15, 0.2) is 0 Å². The van der Waals surface area contributed by atoms with Crippen molar-refractivity contribution < 1.29 is 0 Å². The van der Waals surface area contributed by atoms with Crippen LogP contribution in [0.5, 0.6) is 0 Å². The molecule has 0 aliphatic rings. The molecule has 0 aliphatic heterocycles. The number of rotatable bonds is 1. The third-order valence-corrected chi connectivity index (χ3v) is 2.59. The van der Waals surface area contributed by atoms with Crippen molar-refractivity contribution in [2.24, 2.45) is 0 Å². The number of aromatic amines is 1. The first-order chi connectivity index (χ1) is 8.34. The third kappa shape index (κ3) is 1.69.